The lowest BCUT2D eigenvalue weighted by molar-refractivity contribution is 0.440. The summed E-state index contributed by atoms with van der Waals surface area (Å²) < 4.78 is 0. The highest BCUT2D eigenvalue weighted by Gasteiger charge is 2.39. The average Bonchev–Trinajstić information content (AvgIpc) is 2.91. The number of rotatable bonds is 2. The minimum Gasteiger partial charge on any atom is -0.382 e. The van der Waals surface area contributed by atoms with Gasteiger partial charge in [-0.15, -0.1) is 0 Å². The van der Waals surface area contributed by atoms with Crippen LogP contribution in [0.25, 0.3) is 0 Å². The van der Waals surface area contributed by atoms with Gasteiger partial charge < -0.3 is 5.32 Å². The molecule has 2 aliphatic rings. The molecule has 88 valence electrons. The molecule has 3 atom stereocenters. The molecule has 2 bridgehead atoms. The number of hydrogen-bond acceptors (Lipinski definition) is 2. The lowest BCUT2D eigenvalue weighted by Crippen LogP contribution is -2.25. The first kappa shape index (κ1) is 10.7. The number of anilines is 1. The quantitative estimate of drug-likeness (QED) is 0.838. The van der Waals surface area contributed by atoms with Crippen molar-refractivity contribution in [1.82, 2.24) is 0 Å². The number of fused-ring (bicyclic) bond motifs is 2. The summed E-state index contributed by atoms with van der Waals surface area (Å²) in [5, 5.41) is 12.6. The van der Waals surface area contributed by atoms with E-state index in [2.05, 4.69) is 17.5 Å². The monoisotopic (exact) mass is 226 g/mol. The summed E-state index contributed by atoms with van der Waals surface area (Å²) in [6.07, 6.45) is 5.60. The number of nitrogens with one attached hydrogen (secondary N) is 1. The van der Waals surface area contributed by atoms with E-state index in [9.17, 15) is 0 Å². The Kier molecular flexibility index (Phi) is 2.55. The molecule has 0 aliphatic heterocycles. The molecule has 1 aromatic rings. The molecule has 17 heavy (non-hydrogen) atoms. The van der Waals surface area contributed by atoms with Crippen molar-refractivity contribution in [2.24, 2.45) is 11.8 Å². The van der Waals surface area contributed by atoms with Crippen LogP contribution in [0.3, 0.4) is 0 Å². The number of benzene rings is 1. The first-order valence-electron chi connectivity index (χ1n) is 6.53. The van der Waals surface area contributed by atoms with E-state index >= 15 is 0 Å². The third-order valence-electron chi connectivity index (χ3n) is 4.44. The van der Waals surface area contributed by atoms with Crippen LogP contribution in [0.4, 0.5) is 5.69 Å². The predicted octanol–water partition coefficient (Wildman–Crippen LogP) is 3.47. The van der Waals surface area contributed by atoms with Gasteiger partial charge in [0.1, 0.15) is 0 Å². The molecular weight excluding hydrogens is 208 g/mol. The highest BCUT2D eigenvalue weighted by molar-refractivity contribution is 5.52. The molecule has 0 spiro atoms. The third kappa shape index (κ3) is 1.91. The Balaban J connectivity index is 1.74. The van der Waals surface area contributed by atoms with Gasteiger partial charge in [-0.1, -0.05) is 6.42 Å². The van der Waals surface area contributed by atoms with Crippen LogP contribution in [0, 0.1) is 30.1 Å². The zero-order chi connectivity index (χ0) is 11.8. The lowest BCUT2D eigenvalue weighted by atomic mass is 9.95. The molecule has 2 fully saturated rings. The van der Waals surface area contributed by atoms with E-state index in [0.29, 0.717) is 6.04 Å². The predicted molar refractivity (Wildman–Crippen MR) is 68.8 cm³/mol. The summed E-state index contributed by atoms with van der Waals surface area (Å²) in [5.41, 5.74) is 3.03. The molecule has 3 unspecified atom stereocenters. The summed E-state index contributed by atoms with van der Waals surface area (Å²) in [4.78, 5) is 0. The van der Waals surface area contributed by atoms with Crippen LogP contribution in [0.15, 0.2) is 18.2 Å². The first-order valence-corrected chi connectivity index (χ1v) is 6.53. The Bertz CT molecular complexity index is 472. The molecule has 1 aromatic carbocycles. The third-order valence-corrected chi connectivity index (χ3v) is 4.44. The normalized spacial score (nSPS) is 30.2. The van der Waals surface area contributed by atoms with Crippen LogP contribution in [0.2, 0.25) is 0 Å². The fraction of sp³-hybridized carbons (Fsp3) is 0.533. The summed E-state index contributed by atoms with van der Waals surface area (Å²) in [6, 6.07) is 8.95. The van der Waals surface area contributed by atoms with Gasteiger partial charge in [-0.3, -0.25) is 0 Å². The fourth-order valence-electron chi connectivity index (χ4n) is 3.51. The van der Waals surface area contributed by atoms with Crippen molar-refractivity contribution in [2.75, 3.05) is 5.32 Å². The second-order valence-electron chi connectivity index (χ2n) is 5.57. The zero-order valence-corrected chi connectivity index (χ0v) is 10.2. The van der Waals surface area contributed by atoms with Gasteiger partial charge in [-0.2, -0.15) is 5.26 Å². The van der Waals surface area contributed by atoms with Crippen LogP contribution in [0.5, 0.6) is 0 Å². The molecule has 0 amide bonds. The fourth-order valence-corrected chi connectivity index (χ4v) is 3.51. The summed E-state index contributed by atoms with van der Waals surface area (Å²) in [7, 11) is 0. The van der Waals surface area contributed by atoms with Crippen LogP contribution >= 0.6 is 0 Å². The average molecular weight is 226 g/mol. The number of aryl methyl sites for hydroxylation is 1. The van der Waals surface area contributed by atoms with Crippen molar-refractivity contribution in [2.45, 2.75) is 38.6 Å². The van der Waals surface area contributed by atoms with E-state index in [0.717, 1.165) is 23.0 Å². The van der Waals surface area contributed by atoms with Crippen molar-refractivity contribution in [3.63, 3.8) is 0 Å². The molecule has 1 N–H and O–H groups in total. The van der Waals surface area contributed by atoms with E-state index in [1.54, 1.807) is 0 Å². The topological polar surface area (TPSA) is 35.8 Å². The Hall–Kier alpha value is -1.49. The highest BCUT2D eigenvalue weighted by atomic mass is 14.9. The van der Waals surface area contributed by atoms with Crippen molar-refractivity contribution in [3.05, 3.63) is 29.3 Å². The van der Waals surface area contributed by atoms with E-state index in [1.807, 2.05) is 19.1 Å². The largest absolute Gasteiger partial charge is 0.382 e. The Morgan fingerprint density at radius 2 is 2.18 bits per heavy atom. The second-order valence-corrected chi connectivity index (χ2v) is 5.57. The van der Waals surface area contributed by atoms with Gasteiger partial charge >= 0.3 is 0 Å². The lowest BCUT2D eigenvalue weighted by Gasteiger charge is -2.24. The number of hydrogen-bond donors (Lipinski definition) is 1. The number of nitriles is 1. The van der Waals surface area contributed by atoms with E-state index in [1.165, 1.54) is 31.4 Å². The number of nitrogens with zero attached hydrogens (tertiary/aromatic N) is 1. The van der Waals surface area contributed by atoms with E-state index in [4.69, 9.17) is 5.26 Å². The zero-order valence-electron chi connectivity index (χ0n) is 10.2. The molecule has 2 heteroatoms. The highest BCUT2D eigenvalue weighted by Crippen LogP contribution is 2.45. The van der Waals surface area contributed by atoms with Gasteiger partial charge in [0.05, 0.1) is 11.6 Å². The van der Waals surface area contributed by atoms with Gasteiger partial charge in [-0.25, -0.2) is 0 Å². The molecule has 3 rings (SSSR count). The maximum absolute atomic E-state index is 8.91. The molecule has 2 aliphatic carbocycles. The van der Waals surface area contributed by atoms with Gasteiger partial charge in [0.15, 0.2) is 0 Å². The molecular formula is C15H18N2. The van der Waals surface area contributed by atoms with Crippen LogP contribution in [-0.2, 0) is 0 Å². The van der Waals surface area contributed by atoms with Gasteiger partial charge in [0, 0.05) is 11.7 Å². The van der Waals surface area contributed by atoms with Crippen molar-refractivity contribution in [1.29, 1.82) is 5.26 Å². The maximum Gasteiger partial charge on any atom is 0.0994 e. The first-order chi connectivity index (χ1) is 8.26. The van der Waals surface area contributed by atoms with E-state index in [-0.39, 0.29) is 0 Å². The SMILES string of the molecule is Cc1cc(NC2CC3CCC2C3)ccc1C#N. The molecule has 0 radical (unpaired) electrons. The summed E-state index contributed by atoms with van der Waals surface area (Å²) >= 11 is 0. The standard InChI is InChI=1S/C15H18N2/c1-10-6-14(5-4-13(10)9-16)17-15-8-11-2-3-12(15)7-11/h4-6,11-12,15,17H,2-3,7-8H2,1H3. The minimum absolute atomic E-state index is 0.668. The van der Waals surface area contributed by atoms with Crippen LogP contribution in [-0.4, -0.2) is 6.04 Å². The molecule has 2 saturated carbocycles. The van der Waals surface area contributed by atoms with Crippen molar-refractivity contribution >= 4 is 5.69 Å². The van der Waals surface area contributed by atoms with Gasteiger partial charge in [-0.05, 0) is 61.8 Å². The summed E-state index contributed by atoms with van der Waals surface area (Å²) in [6.45, 7) is 2.00. The maximum atomic E-state index is 8.91. The smallest absolute Gasteiger partial charge is 0.0994 e. The van der Waals surface area contributed by atoms with Gasteiger partial charge in [0.25, 0.3) is 0 Å². The van der Waals surface area contributed by atoms with Crippen LogP contribution in [0.1, 0.15) is 36.8 Å². The molecule has 0 aromatic heterocycles. The van der Waals surface area contributed by atoms with Gasteiger partial charge in [0.2, 0.25) is 0 Å². The van der Waals surface area contributed by atoms with Crippen molar-refractivity contribution < 1.29 is 0 Å². The molecule has 0 heterocycles. The molecule has 2 nitrogen and oxygen atoms in total. The summed E-state index contributed by atoms with van der Waals surface area (Å²) in [5.74, 6) is 1.85. The Morgan fingerprint density at radius 1 is 1.29 bits per heavy atom. The molecule has 0 saturated heterocycles. The Labute approximate surface area is 103 Å². The second kappa shape index (κ2) is 4.07. The van der Waals surface area contributed by atoms with E-state index < -0.39 is 0 Å². The minimum atomic E-state index is 0.668. The Morgan fingerprint density at radius 3 is 2.76 bits per heavy atom. The van der Waals surface area contributed by atoms with Crippen molar-refractivity contribution in [3.8, 4) is 6.07 Å². The van der Waals surface area contributed by atoms with Crippen LogP contribution < -0.4 is 5.32 Å².